The van der Waals surface area contributed by atoms with E-state index in [-0.39, 0.29) is 12.5 Å². The number of para-hydroxylation sites is 2. The number of aromatic nitrogens is 3. The van der Waals surface area contributed by atoms with E-state index in [1.807, 2.05) is 71.3 Å². The van der Waals surface area contributed by atoms with E-state index in [0.717, 1.165) is 22.3 Å². The summed E-state index contributed by atoms with van der Waals surface area (Å²) in [5.74, 6) is 1.15. The van der Waals surface area contributed by atoms with Gasteiger partial charge in [0.2, 0.25) is 0 Å². The van der Waals surface area contributed by atoms with Gasteiger partial charge in [-0.15, -0.1) is 0 Å². The van der Waals surface area contributed by atoms with Crippen molar-refractivity contribution in [2.75, 3.05) is 7.11 Å². The fraction of sp³-hybridized carbons (Fsp3) is 0.0909. The lowest BCUT2D eigenvalue weighted by atomic mass is 10.2. The summed E-state index contributed by atoms with van der Waals surface area (Å²) >= 11 is 0. The first kappa shape index (κ1) is 18.4. The summed E-state index contributed by atoms with van der Waals surface area (Å²) in [5, 5.41) is 4.05. The normalized spacial score (nSPS) is 11.1. The van der Waals surface area contributed by atoms with Gasteiger partial charge < -0.3 is 9.30 Å². The molecule has 1 amide bonds. The fourth-order valence-corrected chi connectivity index (χ4v) is 2.97. The van der Waals surface area contributed by atoms with Gasteiger partial charge in [-0.05, 0) is 54.1 Å². The molecular weight excluding hydrogens is 366 g/mol. The Morgan fingerprint density at radius 1 is 1.10 bits per heavy atom. The maximum Gasteiger partial charge on any atom is 0.260 e. The molecule has 29 heavy (non-hydrogen) atoms. The second kappa shape index (κ2) is 8.35. The molecule has 0 unspecified atom stereocenters. The van der Waals surface area contributed by atoms with Crippen LogP contribution in [0.15, 0.2) is 78.0 Å². The van der Waals surface area contributed by atoms with Gasteiger partial charge in [-0.25, -0.2) is 10.4 Å². The van der Waals surface area contributed by atoms with Crippen molar-refractivity contribution in [3.63, 3.8) is 0 Å². The van der Waals surface area contributed by atoms with Crippen molar-refractivity contribution in [2.45, 2.75) is 6.54 Å². The lowest BCUT2D eigenvalue weighted by Gasteiger charge is -2.07. The third-order valence-corrected chi connectivity index (χ3v) is 4.37. The van der Waals surface area contributed by atoms with Gasteiger partial charge in [-0.1, -0.05) is 18.2 Å². The Labute approximate surface area is 167 Å². The molecule has 1 N–H and O–H groups in total. The van der Waals surface area contributed by atoms with Gasteiger partial charge in [-0.3, -0.25) is 9.78 Å². The fourth-order valence-electron chi connectivity index (χ4n) is 2.97. The number of hydrogen-bond donors (Lipinski definition) is 1. The second-order valence-electron chi connectivity index (χ2n) is 6.29. The third-order valence-electron chi connectivity index (χ3n) is 4.37. The number of hydrogen-bond acceptors (Lipinski definition) is 5. The van der Waals surface area contributed by atoms with Gasteiger partial charge in [0.1, 0.15) is 18.0 Å². The van der Waals surface area contributed by atoms with Crippen LogP contribution in [0, 0.1) is 0 Å². The molecule has 2 aromatic heterocycles. The number of carbonyl (C=O) groups excluding carboxylic acids is 1. The first-order valence-electron chi connectivity index (χ1n) is 9.07. The van der Waals surface area contributed by atoms with Gasteiger partial charge in [0, 0.05) is 6.20 Å². The Hall–Kier alpha value is -4.00. The van der Waals surface area contributed by atoms with Gasteiger partial charge in [0.25, 0.3) is 5.91 Å². The van der Waals surface area contributed by atoms with Crippen LogP contribution >= 0.6 is 0 Å². The topological polar surface area (TPSA) is 81.4 Å². The van der Waals surface area contributed by atoms with Crippen LogP contribution in [0.2, 0.25) is 0 Å². The molecule has 0 fully saturated rings. The van der Waals surface area contributed by atoms with Crippen molar-refractivity contribution in [1.82, 2.24) is 20.0 Å². The minimum Gasteiger partial charge on any atom is -0.497 e. The Bertz CT molecular complexity index is 1150. The highest BCUT2D eigenvalue weighted by Gasteiger charge is 2.15. The molecule has 7 heteroatoms. The van der Waals surface area contributed by atoms with Crippen LogP contribution < -0.4 is 10.2 Å². The minimum atomic E-state index is -0.255. The van der Waals surface area contributed by atoms with Crippen LogP contribution in [0.5, 0.6) is 5.75 Å². The van der Waals surface area contributed by atoms with Crippen molar-refractivity contribution in [3.8, 4) is 17.3 Å². The minimum absolute atomic E-state index is 0.0758. The molecule has 4 rings (SSSR count). The van der Waals surface area contributed by atoms with Crippen LogP contribution in [0.25, 0.3) is 22.6 Å². The number of amides is 1. The molecule has 2 heterocycles. The number of ether oxygens (including phenoxy) is 1. The lowest BCUT2D eigenvalue weighted by Crippen LogP contribution is -2.23. The second-order valence-corrected chi connectivity index (χ2v) is 6.29. The Morgan fingerprint density at radius 3 is 2.66 bits per heavy atom. The first-order chi connectivity index (χ1) is 14.2. The summed E-state index contributed by atoms with van der Waals surface area (Å²) in [5.41, 5.74) is 5.80. The number of imidazole rings is 1. The quantitative estimate of drug-likeness (QED) is 0.408. The van der Waals surface area contributed by atoms with E-state index in [4.69, 9.17) is 4.74 Å². The largest absolute Gasteiger partial charge is 0.497 e. The SMILES string of the molecule is COc1ccc(/C=N/NC(=O)Cn2c(-c3ccccn3)nc3ccccc32)cc1. The van der Waals surface area contributed by atoms with Crippen molar-refractivity contribution < 1.29 is 9.53 Å². The van der Waals surface area contributed by atoms with Crippen LogP contribution in [0.4, 0.5) is 0 Å². The molecule has 4 aromatic rings. The summed E-state index contributed by atoms with van der Waals surface area (Å²) in [4.78, 5) is 21.5. The molecule has 0 aliphatic heterocycles. The Morgan fingerprint density at radius 2 is 1.90 bits per heavy atom. The van der Waals surface area contributed by atoms with Crippen LogP contribution in [-0.2, 0) is 11.3 Å². The van der Waals surface area contributed by atoms with Gasteiger partial charge >= 0.3 is 0 Å². The maximum absolute atomic E-state index is 12.5. The number of nitrogens with zero attached hydrogens (tertiary/aromatic N) is 4. The number of carbonyl (C=O) groups is 1. The standard InChI is InChI=1S/C22H19N5O2/c1-29-17-11-9-16(10-12-17)14-24-26-21(28)15-27-20-8-3-2-6-18(20)25-22(27)19-7-4-5-13-23-19/h2-14H,15H2,1H3,(H,26,28)/b24-14+. The molecule has 2 aromatic carbocycles. The Kier molecular flexibility index (Phi) is 5.29. The number of methoxy groups -OCH3 is 1. The molecule has 7 nitrogen and oxygen atoms in total. The summed E-state index contributed by atoms with van der Waals surface area (Å²) in [7, 11) is 1.61. The molecule has 0 spiro atoms. The van der Waals surface area contributed by atoms with Crippen molar-refractivity contribution in [2.24, 2.45) is 5.10 Å². The smallest absolute Gasteiger partial charge is 0.260 e. The molecule has 0 saturated carbocycles. The number of nitrogens with one attached hydrogen (secondary N) is 1. The highest BCUT2D eigenvalue weighted by Crippen LogP contribution is 2.23. The molecule has 0 saturated heterocycles. The highest BCUT2D eigenvalue weighted by molar-refractivity contribution is 5.85. The van der Waals surface area contributed by atoms with Gasteiger partial charge in [-0.2, -0.15) is 5.10 Å². The zero-order valence-corrected chi connectivity index (χ0v) is 15.8. The molecule has 0 atom stereocenters. The zero-order valence-electron chi connectivity index (χ0n) is 15.8. The van der Waals surface area contributed by atoms with Crippen LogP contribution in [0.3, 0.4) is 0 Å². The Balaban J connectivity index is 1.53. The summed E-state index contributed by atoms with van der Waals surface area (Å²) < 4.78 is 6.97. The van der Waals surface area contributed by atoms with Crippen molar-refractivity contribution in [1.29, 1.82) is 0 Å². The van der Waals surface area contributed by atoms with Crippen LogP contribution in [-0.4, -0.2) is 33.8 Å². The lowest BCUT2D eigenvalue weighted by molar-refractivity contribution is -0.121. The number of benzene rings is 2. The van der Waals surface area contributed by atoms with E-state index in [9.17, 15) is 4.79 Å². The van der Waals surface area contributed by atoms with E-state index in [1.54, 1.807) is 19.5 Å². The third kappa shape index (κ3) is 4.14. The van der Waals surface area contributed by atoms with Gasteiger partial charge in [0.15, 0.2) is 5.82 Å². The molecule has 0 radical (unpaired) electrons. The number of hydrazone groups is 1. The van der Waals surface area contributed by atoms with Crippen molar-refractivity contribution >= 4 is 23.2 Å². The number of pyridine rings is 1. The first-order valence-corrected chi connectivity index (χ1v) is 9.07. The van der Waals surface area contributed by atoms with E-state index < -0.39 is 0 Å². The molecule has 0 bridgehead atoms. The predicted molar refractivity (Wildman–Crippen MR) is 112 cm³/mol. The van der Waals surface area contributed by atoms with E-state index in [0.29, 0.717) is 11.5 Å². The van der Waals surface area contributed by atoms with Crippen molar-refractivity contribution in [3.05, 3.63) is 78.5 Å². The van der Waals surface area contributed by atoms with E-state index in [1.165, 1.54) is 0 Å². The molecular formula is C22H19N5O2. The molecule has 0 aliphatic rings. The highest BCUT2D eigenvalue weighted by atomic mass is 16.5. The number of rotatable bonds is 6. The summed E-state index contributed by atoms with van der Waals surface area (Å²) in [6, 6.07) is 20.7. The summed E-state index contributed by atoms with van der Waals surface area (Å²) in [6.07, 6.45) is 3.29. The van der Waals surface area contributed by atoms with Crippen LogP contribution in [0.1, 0.15) is 5.56 Å². The molecule has 0 aliphatic carbocycles. The molecule has 144 valence electrons. The average molecular weight is 385 g/mol. The predicted octanol–water partition coefficient (Wildman–Crippen LogP) is 3.26. The van der Waals surface area contributed by atoms with E-state index in [2.05, 4.69) is 20.5 Å². The summed E-state index contributed by atoms with van der Waals surface area (Å²) in [6.45, 7) is 0.0758. The average Bonchev–Trinajstić information content (AvgIpc) is 3.13. The van der Waals surface area contributed by atoms with E-state index >= 15 is 0 Å². The zero-order chi connectivity index (χ0) is 20.1. The number of fused-ring (bicyclic) bond motifs is 1. The maximum atomic E-state index is 12.5. The monoisotopic (exact) mass is 385 g/mol. The van der Waals surface area contributed by atoms with Gasteiger partial charge in [0.05, 0.1) is 24.4 Å².